The number of carbonyl (C=O) groups is 1. The Morgan fingerprint density at radius 1 is 1.09 bits per heavy atom. The molecular weight excluding hydrogens is 288 g/mol. The molecule has 4 aliphatic carbocycles. The van der Waals surface area contributed by atoms with Crippen LogP contribution in [0.3, 0.4) is 0 Å². The van der Waals surface area contributed by atoms with Crippen LogP contribution in [0.4, 0.5) is 0 Å². The minimum absolute atomic E-state index is 0.0870. The summed E-state index contributed by atoms with van der Waals surface area (Å²) in [7, 11) is 0. The van der Waals surface area contributed by atoms with E-state index in [1.807, 2.05) is 0 Å². The molecule has 3 nitrogen and oxygen atoms in total. The quantitative estimate of drug-likeness (QED) is 0.779. The van der Waals surface area contributed by atoms with Gasteiger partial charge in [-0.2, -0.15) is 0 Å². The Kier molecular flexibility index (Phi) is 3.22. The second kappa shape index (κ2) is 4.60. The average Bonchev–Trinajstić information content (AvgIpc) is 2.70. The number of aliphatic hydroxyl groups excluding tert-OH is 1. The van der Waals surface area contributed by atoms with Crippen molar-refractivity contribution in [3.63, 3.8) is 0 Å². The first kappa shape index (κ1) is 16.1. The van der Waals surface area contributed by atoms with Gasteiger partial charge in [-0.3, -0.25) is 4.79 Å². The van der Waals surface area contributed by atoms with E-state index in [1.165, 1.54) is 6.42 Å². The Morgan fingerprint density at radius 3 is 2.52 bits per heavy atom. The standard InChI is InChI=1S/C20H32O3/c1-17(2)14-6-9-19-10-13(20(23,11-19)12-21)4-5-15(19)18(14,3)8-7-16(17)22/h13-15,21,23H,4-12H2,1-3H3/t13-,14-,15-,18-,19+,20-/m1/s1. The maximum atomic E-state index is 12.5. The van der Waals surface area contributed by atoms with Gasteiger partial charge < -0.3 is 10.2 Å². The fourth-order valence-electron chi connectivity index (χ4n) is 7.83. The molecule has 0 amide bonds. The first-order chi connectivity index (χ1) is 10.7. The molecule has 130 valence electrons. The van der Waals surface area contributed by atoms with Crippen molar-refractivity contribution >= 4 is 5.78 Å². The van der Waals surface area contributed by atoms with Crippen molar-refractivity contribution in [3.05, 3.63) is 0 Å². The number of hydrogen-bond acceptors (Lipinski definition) is 3. The number of ketones is 1. The molecule has 4 fully saturated rings. The van der Waals surface area contributed by atoms with Crippen molar-refractivity contribution in [3.8, 4) is 0 Å². The zero-order chi connectivity index (χ0) is 16.7. The highest BCUT2D eigenvalue weighted by Gasteiger charge is 2.67. The molecule has 0 aromatic carbocycles. The number of Topliss-reactive ketones (excluding diaryl/α,β-unsaturated/α-hetero) is 1. The van der Waals surface area contributed by atoms with Gasteiger partial charge >= 0.3 is 0 Å². The number of fused-ring (bicyclic) bond motifs is 3. The van der Waals surface area contributed by atoms with E-state index in [4.69, 9.17) is 0 Å². The van der Waals surface area contributed by atoms with E-state index in [9.17, 15) is 15.0 Å². The molecule has 0 saturated heterocycles. The van der Waals surface area contributed by atoms with Crippen molar-refractivity contribution in [2.24, 2.45) is 34.0 Å². The lowest BCUT2D eigenvalue weighted by Crippen LogP contribution is -2.58. The van der Waals surface area contributed by atoms with Gasteiger partial charge in [0.2, 0.25) is 0 Å². The molecule has 2 bridgehead atoms. The van der Waals surface area contributed by atoms with Gasteiger partial charge in [0, 0.05) is 11.8 Å². The van der Waals surface area contributed by atoms with Crippen LogP contribution in [0.1, 0.15) is 72.1 Å². The SMILES string of the molecule is CC1(C)C(=O)CC[C@]2(C)[C@@H]1CC[C@@]13C[C@@H](CC[C@@H]12)[C@](O)(CO)C3. The van der Waals surface area contributed by atoms with Crippen LogP contribution in [0, 0.1) is 34.0 Å². The van der Waals surface area contributed by atoms with E-state index in [2.05, 4.69) is 20.8 Å². The topological polar surface area (TPSA) is 57.5 Å². The molecule has 4 aliphatic rings. The van der Waals surface area contributed by atoms with Crippen molar-refractivity contribution in [2.45, 2.75) is 77.7 Å². The maximum absolute atomic E-state index is 12.5. The molecule has 1 spiro atoms. The zero-order valence-corrected chi connectivity index (χ0v) is 14.9. The first-order valence-corrected chi connectivity index (χ1v) is 9.55. The van der Waals surface area contributed by atoms with Crippen LogP contribution in [0.5, 0.6) is 0 Å². The first-order valence-electron chi connectivity index (χ1n) is 9.55. The molecule has 4 rings (SSSR count). The Labute approximate surface area is 139 Å². The summed E-state index contributed by atoms with van der Waals surface area (Å²) in [5.74, 6) is 1.81. The largest absolute Gasteiger partial charge is 0.393 e. The summed E-state index contributed by atoms with van der Waals surface area (Å²) in [5.41, 5.74) is -0.612. The fourth-order valence-corrected chi connectivity index (χ4v) is 7.83. The normalized spacial score (nSPS) is 54.5. The monoisotopic (exact) mass is 320 g/mol. The van der Waals surface area contributed by atoms with Gasteiger partial charge in [-0.15, -0.1) is 0 Å². The summed E-state index contributed by atoms with van der Waals surface area (Å²) in [4.78, 5) is 12.5. The van der Waals surface area contributed by atoms with E-state index in [0.717, 1.165) is 44.9 Å². The molecule has 3 heteroatoms. The Morgan fingerprint density at radius 2 is 1.83 bits per heavy atom. The van der Waals surface area contributed by atoms with Gasteiger partial charge in [-0.1, -0.05) is 20.8 Å². The lowest BCUT2D eigenvalue weighted by molar-refractivity contribution is -0.165. The summed E-state index contributed by atoms with van der Waals surface area (Å²) in [6.07, 6.45) is 8.07. The van der Waals surface area contributed by atoms with Crippen molar-refractivity contribution in [1.29, 1.82) is 0 Å². The van der Waals surface area contributed by atoms with Crippen LogP contribution in [0.25, 0.3) is 0 Å². The Hall–Kier alpha value is -0.410. The highest BCUT2D eigenvalue weighted by Crippen LogP contribution is 2.72. The second-order valence-electron chi connectivity index (χ2n) is 10.1. The van der Waals surface area contributed by atoms with Gasteiger partial charge in [0.15, 0.2) is 0 Å². The third kappa shape index (κ3) is 1.87. The van der Waals surface area contributed by atoms with Crippen molar-refractivity contribution in [1.82, 2.24) is 0 Å². The molecule has 0 heterocycles. The molecule has 0 aliphatic heterocycles. The predicted molar refractivity (Wildman–Crippen MR) is 88.8 cm³/mol. The number of carbonyl (C=O) groups excluding carboxylic acids is 1. The molecule has 0 radical (unpaired) electrons. The predicted octanol–water partition coefficient (Wildman–Crippen LogP) is 3.32. The third-order valence-corrected chi connectivity index (χ3v) is 8.89. The summed E-state index contributed by atoms with van der Waals surface area (Å²) >= 11 is 0. The van der Waals surface area contributed by atoms with Crippen LogP contribution in [0.2, 0.25) is 0 Å². The summed E-state index contributed by atoms with van der Waals surface area (Å²) in [6, 6.07) is 0. The van der Waals surface area contributed by atoms with Gasteiger partial charge in [-0.05, 0) is 73.5 Å². The van der Waals surface area contributed by atoms with Crippen LogP contribution >= 0.6 is 0 Å². The van der Waals surface area contributed by atoms with Crippen LogP contribution in [0.15, 0.2) is 0 Å². The molecule has 4 saturated carbocycles. The lowest BCUT2D eigenvalue weighted by atomic mass is 9.41. The average molecular weight is 320 g/mol. The van der Waals surface area contributed by atoms with Gasteiger partial charge in [0.25, 0.3) is 0 Å². The van der Waals surface area contributed by atoms with E-state index in [0.29, 0.717) is 17.6 Å². The van der Waals surface area contributed by atoms with E-state index in [1.54, 1.807) is 0 Å². The van der Waals surface area contributed by atoms with E-state index in [-0.39, 0.29) is 28.8 Å². The molecule has 2 N–H and O–H groups in total. The van der Waals surface area contributed by atoms with Gasteiger partial charge in [0.1, 0.15) is 5.78 Å². The van der Waals surface area contributed by atoms with Gasteiger partial charge in [0.05, 0.1) is 12.2 Å². The lowest BCUT2D eigenvalue weighted by Gasteiger charge is -2.63. The van der Waals surface area contributed by atoms with Crippen molar-refractivity contribution < 1.29 is 15.0 Å². The molecule has 6 atom stereocenters. The molecular formula is C20H32O3. The molecule has 0 aromatic heterocycles. The van der Waals surface area contributed by atoms with Crippen LogP contribution < -0.4 is 0 Å². The van der Waals surface area contributed by atoms with Crippen LogP contribution in [-0.2, 0) is 4.79 Å². The summed E-state index contributed by atoms with van der Waals surface area (Å²) in [5, 5.41) is 20.7. The number of hydrogen-bond donors (Lipinski definition) is 2. The molecule has 0 unspecified atom stereocenters. The number of aliphatic hydroxyl groups is 2. The highest BCUT2D eigenvalue weighted by atomic mass is 16.3. The fraction of sp³-hybridized carbons (Fsp3) is 0.950. The maximum Gasteiger partial charge on any atom is 0.138 e. The van der Waals surface area contributed by atoms with E-state index < -0.39 is 5.60 Å². The third-order valence-electron chi connectivity index (χ3n) is 8.89. The smallest absolute Gasteiger partial charge is 0.138 e. The second-order valence-corrected chi connectivity index (χ2v) is 10.1. The van der Waals surface area contributed by atoms with Crippen molar-refractivity contribution in [2.75, 3.05) is 6.61 Å². The number of rotatable bonds is 1. The van der Waals surface area contributed by atoms with Gasteiger partial charge in [-0.25, -0.2) is 0 Å². The zero-order valence-electron chi connectivity index (χ0n) is 14.9. The molecule has 0 aromatic rings. The summed E-state index contributed by atoms with van der Waals surface area (Å²) < 4.78 is 0. The minimum atomic E-state index is -0.849. The van der Waals surface area contributed by atoms with Crippen LogP contribution in [-0.4, -0.2) is 28.2 Å². The Bertz CT molecular complexity index is 541. The Balaban J connectivity index is 1.73. The molecule has 23 heavy (non-hydrogen) atoms. The highest BCUT2D eigenvalue weighted by molar-refractivity contribution is 5.85. The van der Waals surface area contributed by atoms with E-state index >= 15 is 0 Å². The summed E-state index contributed by atoms with van der Waals surface area (Å²) in [6.45, 7) is 6.68. The minimum Gasteiger partial charge on any atom is -0.393 e.